The standard InChI is InChI=1S/C5H7F3OS/c1-4(9)10-3-2-5(6,7)8/h2-3H2,1H3. The predicted molar refractivity (Wildman–Crippen MR) is 33.8 cm³/mol. The third kappa shape index (κ3) is 7.81. The van der Waals surface area contributed by atoms with Crippen molar-refractivity contribution in [3.8, 4) is 0 Å². The second kappa shape index (κ2) is 3.85. The fraction of sp³-hybridized carbons (Fsp3) is 0.800. The third-order valence-electron chi connectivity index (χ3n) is 0.691. The highest BCUT2D eigenvalue weighted by molar-refractivity contribution is 8.13. The van der Waals surface area contributed by atoms with Crippen LogP contribution in [0.3, 0.4) is 0 Å². The highest BCUT2D eigenvalue weighted by Gasteiger charge is 2.26. The Morgan fingerprint density at radius 1 is 1.50 bits per heavy atom. The zero-order valence-electron chi connectivity index (χ0n) is 5.36. The van der Waals surface area contributed by atoms with Crippen LogP contribution in [-0.4, -0.2) is 17.0 Å². The molecule has 0 bridgehead atoms. The van der Waals surface area contributed by atoms with E-state index in [-0.39, 0.29) is 10.9 Å². The quantitative estimate of drug-likeness (QED) is 0.635. The van der Waals surface area contributed by atoms with Gasteiger partial charge >= 0.3 is 6.18 Å². The van der Waals surface area contributed by atoms with Crippen molar-refractivity contribution in [1.29, 1.82) is 0 Å². The van der Waals surface area contributed by atoms with Gasteiger partial charge in [-0.1, -0.05) is 11.8 Å². The lowest BCUT2D eigenvalue weighted by atomic mass is 10.5. The first-order valence-electron chi connectivity index (χ1n) is 2.62. The summed E-state index contributed by atoms with van der Waals surface area (Å²) in [5.41, 5.74) is 0. The normalized spacial score (nSPS) is 11.6. The van der Waals surface area contributed by atoms with Crippen LogP contribution in [0.25, 0.3) is 0 Å². The highest BCUT2D eigenvalue weighted by atomic mass is 32.2. The van der Waals surface area contributed by atoms with Gasteiger partial charge in [0.1, 0.15) is 0 Å². The molecule has 0 saturated carbocycles. The molecule has 0 aromatic carbocycles. The monoisotopic (exact) mass is 172 g/mol. The highest BCUT2D eigenvalue weighted by Crippen LogP contribution is 2.21. The first-order valence-corrected chi connectivity index (χ1v) is 3.60. The van der Waals surface area contributed by atoms with Crippen LogP contribution in [0.1, 0.15) is 13.3 Å². The number of alkyl halides is 3. The third-order valence-corrected chi connectivity index (χ3v) is 1.51. The van der Waals surface area contributed by atoms with Crippen LogP contribution in [0.15, 0.2) is 0 Å². The summed E-state index contributed by atoms with van der Waals surface area (Å²) in [7, 11) is 0. The van der Waals surface area contributed by atoms with Crippen LogP contribution in [0, 0.1) is 0 Å². The summed E-state index contributed by atoms with van der Waals surface area (Å²) in [6, 6.07) is 0. The molecule has 0 rings (SSSR count). The number of rotatable bonds is 2. The zero-order valence-corrected chi connectivity index (χ0v) is 6.18. The van der Waals surface area contributed by atoms with Gasteiger partial charge in [-0.25, -0.2) is 0 Å². The maximum absolute atomic E-state index is 11.4. The summed E-state index contributed by atoms with van der Waals surface area (Å²) < 4.78 is 34.1. The summed E-state index contributed by atoms with van der Waals surface area (Å²) in [6.45, 7) is 1.25. The Bertz CT molecular complexity index is 121. The molecule has 60 valence electrons. The minimum Gasteiger partial charge on any atom is -0.288 e. The van der Waals surface area contributed by atoms with E-state index in [1.54, 1.807) is 0 Å². The van der Waals surface area contributed by atoms with E-state index in [1.165, 1.54) is 6.92 Å². The van der Waals surface area contributed by atoms with E-state index in [0.29, 0.717) is 11.8 Å². The number of thioether (sulfide) groups is 1. The maximum atomic E-state index is 11.4. The Kier molecular flexibility index (Phi) is 3.78. The van der Waals surface area contributed by atoms with Crippen LogP contribution >= 0.6 is 11.8 Å². The summed E-state index contributed by atoms with van der Waals surface area (Å²) >= 11 is 0.699. The molecule has 0 aliphatic carbocycles. The lowest BCUT2D eigenvalue weighted by Crippen LogP contribution is -2.08. The summed E-state index contributed by atoms with van der Waals surface area (Å²) in [4.78, 5) is 10.1. The second-order valence-corrected chi connectivity index (χ2v) is 2.98. The molecule has 0 fully saturated rings. The summed E-state index contributed by atoms with van der Waals surface area (Å²) in [5, 5.41) is -0.274. The smallest absolute Gasteiger partial charge is 0.288 e. The van der Waals surface area contributed by atoms with Gasteiger partial charge < -0.3 is 0 Å². The molecule has 0 unspecified atom stereocenters. The Labute approximate surface area is 61.0 Å². The SMILES string of the molecule is CC(=O)SCCC(F)(F)F. The largest absolute Gasteiger partial charge is 0.389 e. The molecule has 0 aliphatic heterocycles. The van der Waals surface area contributed by atoms with Crippen LogP contribution in [0.2, 0.25) is 0 Å². The molecule has 0 atom stereocenters. The molecule has 0 amide bonds. The molecular weight excluding hydrogens is 165 g/mol. The topological polar surface area (TPSA) is 17.1 Å². The van der Waals surface area contributed by atoms with E-state index in [1.807, 2.05) is 0 Å². The van der Waals surface area contributed by atoms with Crippen molar-refractivity contribution in [3.63, 3.8) is 0 Å². The number of carbonyl (C=O) groups excluding carboxylic acids is 1. The van der Waals surface area contributed by atoms with E-state index >= 15 is 0 Å². The van der Waals surface area contributed by atoms with Gasteiger partial charge in [0.2, 0.25) is 0 Å². The fourth-order valence-corrected chi connectivity index (χ4v) is 0.931. The minimum atomic E-state index is -4.14. The number of halogens is 3. The number of hydrogen-bond acceptors (Lipinski definition) is 2. The van der Waals surface area contributed by atoms with E-state index in [2.05, 4.69) is 0 Å². The molecule has 0 aromatic rings. The molecule has 0 aliphatic rings. The molecule has 0 aromatic heterocycles. The van der Waals surface area contributed by atoms with Crippen molar-refractivity contribution >= 4 is 16.9 Å². The molecule has 0 heterocycles. The van der Waals surface area contributed by atoms with Crippen LogP contribution in [-0.2, 0) is 4.79 Å². The fourth-order valence-electron chi connectivity index (χ4n) is 0.310. The molecule has 5 heteroatoms. The Hall–Kier alpha value is -0.190. The zero-order chi connectivity index (χ0) is 8.20. The number of hydrogen-bond donors (Lipinski definition) is 0. The summed E-state index contributed by atoms with van der Waals surface area (Å²) in [5.74, 6) is -0.168. The van der Waals surface area contributed by atoms with E-state index in [9.17, 15) is 18.0 Å². The van der Waals surface area contributed by atoms with Gasteiger partial charge in [-0.15, -0.1) is 0 Å². The second-order valence-electron chi connectivity index (χ2n) is 1.71. The number of carbonyl (C=O) groups is 1. The maximum Gasteiger partial charge on any atom is 0.389 e. The lowest BCUT2D eigenvalue weighted by molar-refractivity contribution is -0.129. The molecule has 0 spiro atoms. The summed E-state index contributed by atoms with van der Waals surface area (Å²) in [6.07, 6.45) is -5.03. The predicted octanol–water partition coefficient (Wildman–Crippen LogP) is 2.22. The first kappa shape index (κ1) is 9.81. The van der Waals surface area contributed by atoms with Gasteiger partial charge in [-0.05, 0) is 0 Å². The van der Waals surface area contributed by atoms with Crippen molar-refractivity contribution < 1.29 is 18.0 Å². The van der Waals surface area contributed by atoms with E-state index < -0.39 is 12.6 Å². The van der Waals surface area contributed by atoms with E-state index in [4.69, 9.17) is 0 Å². The Morgan fingerprint density at radius 2 is 2.00 bits per heavy atom. The van der Waals surface area contributed by atoms with Crippen molar-refractivity contribution in [3.05, 3.63) is 0 Å². The molecule has 0 saturated heterocycles. The van der Waals surface area contributed by atoms with Gasteiger partial charge in [0, 0.05) is 12.7 Å². The van der Waals surface area contributed by atoms with Crippen LogP contribution in [0.4, 0.5) is 13.2 Å². The Balaban J connectivity index is 3.29. The minimum absolute atomic E-state index is 0.168. The Morgan fingerprint density at radius 3 is 2.30 bits per heavy atom. The van der Waals surface area contributed by atoms with Crippen molar-refractivity contribution in [2.45, 2.75) is 19.5 Å². The van der Waals surface area contributed by atoms with Gasteiger partial charge in [-0.2, -0.15) is 13.2 Å². The molecular formula is C5H7F3OS. The van der Waals surface area contributed by atoms with Crippen molar-refractivity contribution in [2.75, 3.05) is 5.75 Å². The van der Waals surface area contributed by atoms with Crippen molar-refractivity contribution in [1.82, 2.24) is 0 Å². The first-order chi connectivity index (χ1) is 4.42. The van der Waals surface area contributed by atoms with Gasteiger partial charge in [-0.3, -0.25) is 4.79 Å². The lowest BCUT2D eigenvalue weighted by Gasteiger charge is -2.02. The molecule has 0 N–H and O–H groups in total. The average Bonchev–Trinajstić information content (AvgIpc) is 1.59. The molecule has 10 heavy (non-hydrogen) atoms. The van der Waals surface area contributed by atoms with Crippen molar-refractivity contribution in [2.24, 2.45) is 0 Å². The molecule has 1 nitrogen and oxygen atoms in total. The van der Waals surface area contributed by atoms with Gasteiger partial charge in [0.05, 0.1) is 6.42 Å². The van der Waals surface area contributed by atoms with Gasteiger partial charge in [0.25, 0.3) is 0 Å². The van der Waals surface area contributed by atoms with Crippen LogP contribution in [0.5, 0.6) is 0 Å². The van der Waals surface area contributed by atoms with E-state index in [0.717, 1.165) is 0 Å². The average molecular weight is 172 g/mol. The molecule has 0 radical (unpaired) electrons. The van der Waals surface area contributed by atoms with Crippen LogP contribution < -0.4 is 0 Å². The van der Waals surface area contributed by atoms with Gasteiger partial charge in [0.15, 0.2) is 5.12 Å².